The van der Waals surface area contributed by atoms with Crippen LogP contribution in [0.15, 0.2) is 42.5 Å². The Hall–Kier alpha value is -2.95. The Labute approximate surface area is 178 Å². The predicted octanol–water partition coefficient (Wildman–Crippen LogP) is 4.00. The highest BCUT2D eigenvalue weighted by Gasteiger charge is 2.25. The lowest BCUT2D eigenvalue weighted by Gasteiger charge is -2.32. The highest BCUT2D eigenvalue weighted by molar-refractivity contribution is 5.99. The molecule has 0 spiro atoms. The Morgan fingerprint density at radius 1 is 0.900 bits per heavy atom. The minimum atomic E-state index is -0.0583. The quantitative estimate of drug-likeness (QED) is 0.738. The maximum absolute atomic E-state index is 12.6. The number of hydrogen-bond acceptors (Lipinski definition) is 3. The number of rotatable bonds is 6. The zero-order chi connectivity index (χ0) is 21.7. The molecule has 1 aliphatic heterocycles. The van der Waals surface area contributed by atoms with Gasteiger partial charge in [-0.3, -0.25) is 14.4 Å². The summed E-state index contributed by atoms with van der Waals surface area (Å²) >= 11 is 0. The van der Waals surface area contributed by atoms with Gasteiger partial charge >= 0.3 is 0 Å². The molecule has 0 unspecified atom stereocenters. The molecule has 5 nitrogen and oxygen atoms in total. The van der Waals surface area contributed by atoms with Crippen LogP contribution in [0.3, 0.4) is 0 Å². The first-order valence-corrected chi connectivity index (χ1v) is 10.6. The molecular weight excluding hydrogens is 376 g/mol. The molecule has 1 aliphatic rings. The van der Waals surface area contributed by atoms with E-state index in [-0.39, 0.29) is 36.5 Å². The van der Waals surface area contributed by atoms with Gasteiger partial charge in [0, 0.05) is 43.1 Å². The molecule has 2 aromatic rings. The molecule has 5 heteroatoms. The molecule has 1 fully saturated rings. The molecule has 0 saturated carbocycles. The summed E-state index contributed by atoms with van der Waals surface area (Å²) in [6.45, 7) is 7.02. The van der Waals surface area contributed by atoms with E-state index in [0.29, 0.717) is 24.2 Å². The Bertz CT molecular complexity index is 943. The molecule has 0 aromatic heterocycles. The van der Waals surface area contributed by atoms with E-state index < -0.39 is 0 Å². The predicted molar refractivity (Wildman–Crippen MR) is 118 cm³/mol. The number of likely N-dealkylation sites (tertiary alicyclic amines) is 1. The van der Waals surface area contributed by atoms with Gasteiger partial charge in [-0.1, -0.05) is 35.9 Å². The molecule has 30 heavy (non-hydrogen) atoms. The van der Waals surface area contributed by atoms with E-state index in [1.165, 1.54) is 0 Å². The number of aryl methyl sites for hydroxylation is 3. The third-order valence-electron chi connectivity index (χ3n) is 5.83. The molecule has 0 aliphatic carbocycles. The second kappa shape index (κ2) is 9.70. The van der Waals surface area contributed by atoms with Crippen molar-refractivity contribution in [2.75, 3.05) is 13.1 Å². The maximum Gasteiger partial charge on any atom is 0.251 e. The van der Waals surface area contributed by atoms with Gasteiger partial charge in [-0.05, 0) is 56.9 Å². The summed E-state index contributed by atoms with van der Waals surface area (Å²) in [6, 6.07) is 13.4. The van der Waals surface area contributed by atoms with Crippen molar-refractivity contribution in [3.05, 3.63) is 70.3 Å². The molecule has 2 amide bonds. The normalized spacial score (nSPS) is 14.4. The van der Waals surface area contributed by atoms with Gasteiger partial charge in [0.2, 0.25) is 5.91 Å². The Balaban J connectivity index is 1.46. The fourth-order valence-corrected chi connectivity index (χ4v) is 3.91. The molecule has 158 valence electrons. The lowest BCUT2D eigenvalue weighted by molar-refractivity contribution is -0.132. The van der Waals surface area contributed by atoms with Crippen LogP contribution in [-0.2, 0) is 4.79 Å². The van der Waals surface area contributed by atoms with Crippen LogP contribution in [0.5, 0.6) is 0 Å². The zero-order valence-corrected chi connectivity index (χ0v) is 18.0. The smallest absolute Gasteiger partial charge is 0.251 e. The van der Waals surface area contributed by atoms with E-state index in [2.05, 4.69) is 5.32 Å². The van der Waals surface area contributed by atoms with Crippen LogP contribution in [0, 0.1) is 20.8 Å². The van der Waals surface area contributed by atoms with Gasteiger partial charge in [-0.2, -0.15) is 0 Å². The molecule has 2 aromatic carbocycles. The van der Waals surface area contributed by atoms with Crippen molar-refractivity contribution in [1.29, 1.82) is 0 Å². The minimum absolute atomic E-state index is 0.0114. The first-order valence-electron chi connectivity index (χ1n) is 10.6. The maximum atomic E-state index is 12.6. The summed E-state index contributed by atoms with van der Waals surface area (Å²) in [5.74, 6) is -0.0285. The molecule has 1 heterocycles. The van der Waals surface area contributed by atoms with Crippen LogP contribution in [0.4, 0.5) is 0 Å². The first kappa shape index (κ1) is 21.8. The van der Waals surface area contributed by atoms with E-state index in [1.54, 1.807) is 0 Å². The van der Waals surface area contributed by atoms with Crippen molar-refractivity contribution >= 4 is 17.6 Å². The number of ketones is 1. The fourth-order valence-electron chi connectivity index (χ4n) is 3.91. The topological polar surface area (TPSA) is 66.5 Å². The molecule has 0 bridgehead atoms. The number of carbonyl (C=O) groups is 3. The Morgan fingerprint density at radius 2 is 1.57 bits per heavy atom. The zero-order valence-electron chi connectivity index (χ0n) is 18.0. The molecule has 1 N–H and O–H groups in total. The number of benzene rings is 2. The number of nitrogens with zero attached hydrogens (tertiary/aromatic N) is 1. The lowest BCUT2D eigenvalue weighted by Crippen LogP contribution is -2.46. The fraction of sp³-hybridized carbons (Fsp3) is 0.400. The summed E-state index contributed by atoms with van der Waals surface area (Å²) in [7, 11) is 0. The van der Waals surface area contributed by atoms with Crippen LogP contribution in [0.1, 0.15) is 63.1 Å². The van der Waals surface area contributed by atoms with Gasteiger partial charge in [0.25, 0.3) is 5.91 Å². The van der Waals surface area contributed by atoms with Crippen molar-refractivity contribution < 1.29 is 14.4 Å². The van der Waals surface area contributed by atoms with Crippen LogP contribution in [-0.4, -0.2) is 41.6 Å². The molecule has 3 rings (SSSR count). The molecule has 0 atom stereocenters. The van der Waals surface area contributed by atoms with E-state index in [9.17, 15) is 14.4 Å². The first-order chi connectivity index (χ1) is 14.3. The highest BCUT2D eigenvalue weighted by Crippen LogP contribution is 2.17. The van der Waals surface area contributed by atoms with Crippen molar-refractivity contribution in [2.45, 2.75) is 52.5 Å². The van der Waals surface area contributed by atoms with Crippen molar-refractivity contribution in [1.82, 2.24) is 10.2 Å². The van der Waals surface area contributed by atoms with Gasteiger partial charge in [0.1, 0.15) is 0 Å². The van der Waals surface area contributed by atoms with Crippen molar-refractivity contribution in [3.8, 4) is 0 Å². The van der Waals surface area contributed by atoms with Crippen LogP contribution >= 0.6 is 0 Å². The number of Topliss-reactive ketones (excluding diaryl/α,β-unsaturated/α-hetero) is 1. The third kappa shape index (κ3) is 5.35. The second-order valence-electron chi connectivity index (χ2n) is 8.18. The molecular formula is C25H30N2O3. The Morgan fingerprint density at radius 3 is 2.27 bits per heavy atom. The Kier molecular flexibility index (Phi) is 7.03. The monoisotopic (exact) mass is 406 g/mol. The van der Waals surface area contributed by atoms with Gasteiger partial charge in [-0.25, -0.2) is 0 Å². The third-order valence-corrected chi connectivity index (χ3v) is 5.83. The van der Waals surface area contributed by atoms with Crippen molar-refractivity contribution in [2.24, 2.45) is 0 Å². The average Bonchev–Trinajstić information content (AvgIpc) is 2.74. The number of carbonyl (C=O) groups excluding carboxylic acids is 3. The number of amides is 2. The second-order valence-corrected chi connectivity index (χ2v) is 8.18. The summed E-state index contributed by atoms with van der Waals surface area (Å²) < 4.78 is 0. The lowest BCUT2D eigenvalue weighted by atomic mass is 9.98. The minimum Gasteiger partial charge on any atom is -0.349 e. The van der Waals surface area contributed by atoms with Crippen LogP contribution in [0.25, 0.3) is 0 Å². The number of piperidine rings is 1. The molecule has 1 saturated heterocycles. The van der Waals surface area contributed by atoms with Gasteiger partial charge in [0.05, 0.1) is 0 Å². The van der Waals surface area contributed by atoms with Crippen molar-refractivity contribution in [3.63, 3.8) is 0 Å². The van der Waals surface area contributed by atoms with Gasteiger partial charge in [-0.15, -0.1) is 0 Å². The van der Waals surface area contributed by atoms with Crippen LogP contribution < -0.4 is 5.32 Å². The summed E-state index contributed by atoms with van der Waals surface area (Å²) in [5, 5.41) is 3.09. The largest absolute Gasteiger partial charge is 0.349 e. The van der Waals surface area contributed by atoms with E-state index in [4.69, 9.17) is 0 Å². The number of hydrogen-bond donors (Lipinski definition) is 1. The summed E-state index contributed by atoms with van der Waals surface area (Å²) in [5.41, 5.74) is 4.35. The highest BCUT2D eigenvalue weighted by atomic mass is 16.2. The van der Waals surface area contributed by atoms with Gasteiger partial charge in [0.15, 0.2) is 5.78 Å². The molecule has 0 radical (unpaired) electrons. The summed E-state index contributed by atoms with van der Waals surface area (Å²) in [6.07, 6.45) is 1.92. The van der Waals surface area contributed by atoms with E-state index in [0.717, 1.165) is 29.5 Å². The summed E-state index contributed by atoms with van der Waals surface area (Å²) in [4.78, 5) is 39.4. The van der Waals surface area contributed by atoms with Gasteiger partial charge < -0.3 is 10.2 Å². The van der Waals surface area contributed by atoms with E-state index >= 15 is 0 Å². The number of nitrogens with one attached hydrogen (secondary N) is 1. The standard InChI is InChI=1S/C25H30N2O3/c1-17-8-9-19(3)22(16-17)23(28)10-11-24(29)27-14-12-20(13-15-27)26-25(30)21-7-5-4-6-18(21)2/h4-9,16,20H,10-15H2,1-3H3,(H,26,30). The SMILES string of the molecule is Cc1ccc(C)c(C(=O)CCC(=O)N2CCC(NC(=O)c3ccccc3C)CC2)c1. The van der Waals surface area contributed by atoms with E-state index in [1.807, 2.05) is 68.1 Å². The average molecular weight is 407 g/mol. The van der Waals surface area contributed by atoms with Crippen LogP contribution in [0.2, 0.25) is 0 Å².